The van der Waals surface area contributed by atoms with Gasteiger partial charge < -0.3 is 4.90 Å². The van der Waals surface area contributed by atoms with E-state index in [2.05, 4.69) is 0 Å². The fourth-order valence-electron chi connectivity index (χ4n) is 5.32. The molecule has 0 bridgehead atoms. The van der Waals surface area contributed by atoms with Gasteiger partial charge in [0.1, 0.15) is 6.04 Å². The number of hydrogen-bond donors (Lipinski definition) is 0. The maximum Gasteiger partial charge on any atom is 0.240 e. The Morgan fingerprint density at radius 2 is 1.73 bits per heavy atom. The predicted molar refractivity (Wildman–Crippen MR) is 128 cm³/mol. The van der Waals surface area contributed by atoms with Gasteiger partial charge in [-0.05, 0) is 46.8 Å². The lowest BCUT2D eigenvalue weighted by atomic mass is 9.84. The van der Waals surface area contributed by atoms with E-state index < -0.39 is 29.8 Å². The van der Waals surface area contributed by atoms with Gasteiger partial charge in [-0.2, -0.15) is 0 Å². The van der Waals surface area contributed by atoms with Crippen LogP contribution in [0.5, 0.6) is 0 Å². The second kappa shape index (κ2) is 7.55. The molecule has 4 heterocycles. The van der Waals surface area contributed by atoms with Crippen LogP contribution < -0.4 is 4.90 Å². The van der Waals surface area contributed by atoms with E-state index >= 15 is 0 Å². The quantitative estimate of drug-likeness (QED) is 0.358. The molecule has 0 saturated carbocycles. The number of Topliss-reactive ketones (excluding diaryl/α,β-unsaturated/α-hetero) is 1. The number of halogens is 2. The third-order valence-electron chi connectivity index (χ3n) is 6.64. The van der Waals surface area contributed by atoms with Gasteiger partial charge in [0.05, 0.1) is 33.5 Å². The zero-order valence-corrected chi connectivity index (χ0v) is 19.3. The maximum atomic E-state index is 13.8. The lowest BCUT2D eigenvalue weighted by Gasteiger charge is -2.35. The second-order valence-corrected chi connectivity index (χ2v) is 10.1. The Labute approximate surface area is 203 Å². The normalized spacial score (nSPS) is 25.3. The number of carbonyl (C=O) groups excluding carboxylic acids is 3. The van der Waals surface area contributed by atoms with Crippen molar-refractivity contribution in [1.82, 2.24) is 4.90 Å². The van der Waals surface area contributed by atoms with Gasteiger partial charge in [0.2, 0.25) is 11.8 Å². The van der Waals surface area contributed by atoms with Crippen LogP contribution in [0.2, 0.25) is 10.0 Å². The molecule has 33 heavy (non-hydrogen) atoms. The van der Waals surface area contributed by atoms with Crippen molar-refractivity contribution < 1.29 is 14.4 Å². The van der Waals surface area contributed by atoms with Crippen LogP contribution in [-0.2, 0) is 9.59 Å². The molecule has 1 unspecified atom stereocenters. The Kier molecular flexibility index (Phi) is 4.73. The molecule has 6 rings (SSSR count). The third-order valence-corrected chi connectivity index (χ3v) is 8.07. The van der Waals surface area contributed by atoms with Gasteiger partial charge in [-0.25, -0.2) is 4.90 Å². The molecule has 0 spiro atoms. The van der Waals surface area contributed by atoms with Gasteiger partial charge in [-0.1, -0.05) is 53.5 Å². The maximum absolute atomic E-state index is 13.8. The van der Waals surface area contributed by atoms with Gasteiger partial charge in [-0.3, -0.25) is 14.4 Å². The zero-order chi connectivity index (χ0) is 22.9. The number of ketones is 1. The number of hydrogen-bond acceptors (Lipinski definition) is 5. The smallest absolute Gasteiger partial charge is 0.240 e. The lowest BCUT2D eigenvalue weighted by Crippen LogP contribution is -2.44. The Bertz CT molecular complexity index is 1350. The average Bonchev–Trinajstić information content (AvgIpc) is 3.51. The zero-order valence-electron chi connectivity index (χ0n) is 17.0. The minimum Gasteiger partial charge on any atom is -0.358 e. The Morgan fingerprint density at radius 1 is 0.939 bits per heavy atom. The molecule has 0 N–H and O–H groups in total. The summed E-state index contributed by atoms with van der Waals surface area (Å²) >= 11 is 13.7. The van der Waals surface area contributed by atoms with Gasteiger partial charge in [0, 0.05) is 11.2 Å². The van der Waals surface area contributed by atoms with Crippen molar-refractivity contribution in [3.63, 3.8) is 0 Å². The molecule has 3 aliphatic rings. The first-order valence-electron chi connectivity index (χ1n) is 10.4. The van der Waals surface area contributed by atoms with Crippen molar-refractivity contribution in [2.45, 2.75) is 12.1 Å². The summed E-state index contributed by atoms with van der Waals surface area (Å²) in [7, 11) is 0. The second-order valence-electron chi connectivity index (χ2n) is 8.28. The number of amides is 2. The molecule has 3 aliphatic heterocycles. The summed E-state index contributed by atoms with van der Waals surface area (Å²) in [4.78, 5) is 44.8. The standard InChI is InChI=1S/C25H16Cl2N2O3S/c26-14-7-8-17(16(27)12-14)29-24(31)19-20(25(29)32)22(23(30)18-6-3-11-33-18)28-10-9-13-4-1-2-5-15(13)21(19)28/h1-12,19-22H/t19-,20+,21?,22-/m0/s1. The Hall–Kier alpha value is -2.93. The lowest BCUT2D eigenvalue weighted by molar-refractivity contribution is -0.123. The highest BCUT2D eigenvalue weighted by molar-refractivity contribution is 7.12. The van der Waals surface area contributed by atoms with Gasteiger partial charge in [-0.15, -0.1) is 11.3 Å². The molecule has 3 aromatic rings. The van der Waals surface area contributed by atoms with Crippen LogP contribution in [0, 0.1) is 11.8 Å². The van der Waals surface area contributed by atoms with Crippen LogP contribution in [0.4, 0.5) is 5.69 Å². The number of benzene rings is 2. The van der Waals surface area contributed by atoms with E-state index in [4.69, 9.17) is 23.2 Å². The van der Waals surface area contributed by atoms with Crippen molar-refractivity contribution >= 4 is 63.9 Å². The predicted octanol–water partition coefficient (Wildman–Crippen LogP) is 5.45. The molecule has 2 fully saturated rings. The van der Waals surface area contributed by atoms with Gasteiger partial charge in [0.25, 0.3) is 0 Å². The first-order valence-corrected chi connectivity index (χ1v) is 12.1. The summed E-state index contributed by atoms with van der Waals surface area (Å²) in [6.45, 7) is 0. The molecule has 0 aliphatic carbocycles. The molecular formula is C25H16Cl2N2O3S. The summed E-state index contributed by atoms with van der Waals surface area (Å²) in [6, 6.07) is 14.8. The monoisotopic (exact) mass is 494 g/mol. The number of carbonyl (C=O) groups is 3. The fourth-order valence-corrected chi connectivity index (χ4v) is 6.51. The fraction of sp³-hybridized carbons (Fsp3) is 0.160. The van der Waals surface area contributed by atoms with E-state index in [1.165, 1.54) is 17.4 Å². The highest BCUT2D eigenvalue weighted by atomic mass is 35.5. The molecule has 8 heteroatoms. The van der Waals surface area contributed by atoms with Crippen LogP contribution in [0.1, 0.15) is 26.8 Å². The molecule has 0 radical (unpaired) electrons. The summed E-state index contributed by atoms with van der Waals surface area (Å²) < 4.78 is 0. The molecule has 164 valence electrons. The molecular weight excluding hydrogens is 479 g/mol. The highest BCUT2D eigenvalue weighted by Crippen LogP contribution is 2.54. The Morgan fingerprint density at radius 3 is 2.48 bits per heavy atom. The van der Waals surface area contributed by atoms with E-state index in [-0.39, 0.29) is 16.7 Å². The van der Waals surface area contributed by atoms with Crippen molar-refractivity contribution in [3.05, 3.63) is 92.2 Å². The topological polar surface area (TPSA) is 57.7 Å². The first kappa shape index (κ1) is 20.7. The number of rotatable bonds is 3. The number of anilines is 1. The van der Waals surface area contributed by atoms with E-state index in [9.17, 15) is 14.4 Å². The van der Waals surface area contributed by atoms with Gasteiger partial charge >= 0.3 is 0 Å². The van der Waals surface area contributed by atoms with Crippen molar-refractivity contribution in [2.24, 2.45) is 11.8 Å². The summed E-state index contributed by atoms with van der Waals surface area (Å²) in [5.41, 5.74) is 2.20. The molecule has 2 amide bonds. The minimum absolute atomic E-state index is 0.156. The van der Waals surface area contributed by atoms with E-state index in [1.807, 2.05) is 52.9 Å². The Balaban J connectivity index is 1.51. The van der Waals surface area contributed by atoms with Crippen LogP contribution in [0.15, 0.2) is 66.2 Å². The summed E-state index contributed by atoms with van der Waals surface area (Å²) in [5, 5.41) is 2.46. The number of thiophene rings is 1. The SMILES string of the molecule is O=C(c1cccs1)[C@@H]1[C@@H]2C(=O)N(c3ccc(Cl)cc3Cl)C(=O)[C@@H]2C2c3ccccc3C=CN21. The van der Waals surface area contributed by atoms with Crippen molar-refractivity contribution in [1.29, 1.82) is 0 Å². The number of imide groups is 1. The summed E-state index contributed by atoms with van der Waals surface area (Å²) in [6.07, 6.45) is 3.78. The van der Waals surface area contributed by atoms with Gasteiger partial charge in [0.15, 0.2) is 5.78 Å². The highest BCUT2D eigenvalue weighted by Gasteiger charge is 2.64. The molecule has 5 nitrogen and oxygen atoms in total. The summed E-state index contributed by atoms with van der Waals surface area (Å²) in [5.74, 6) is -2.44. The van der Waals surface area contributed by atoms with E-state index in [0.717, 1.165) is 16.0 Å². The van der Waals surface area contributed by atoms with E-state index in [0.29, 0.717) is 15.6 Å². The molecule has 2 saturated heterocycles. The third kappa shape index (κ3) is 2.94. The largest absolute Gasteiger partial charge is 0.358 e. The molecule has 1 aromatic heterocycles. The van der Waals surface area contributed by atoms with E-state index in [1.54, 1.807) is 18.2 Å². The van der Waals surface area contributed by atoms with Crippen LogP contribution in [-0.4, -0.2) is 28.5 Å². The van der Waals surface area contributed by atoms with Crippen molar-refractivity contribution in [2.75, 3.05) is 4.90 Å². The number of nitrogens with zero attached hydrogens (tertiary/aromatic N) is 2. The van der Waals surface area contributed by atoms with Crippen LogP contribution >= 0.6 is 34.5 Å². The van der Waals surface area contributed by atoms with Crippen LogP contribution in [0.25, 0.3) is 6.08 Å². The first-order chi connectivity index (χ1) is 16.0. The molecule has 2 aromatic carbocycles. The average molecular weight is 495 g/mol. The van der Waals surface area contributed by atoms with Crippen LogP contribution in [0.3, 0.4) is 0 Å². The number of fused-ring (bicyclic) bond motifs is 5. The minimum atomic E-state index is -0.820. The van der Waals surface area contributed by atoms with Crippen molar-refractivity contribution in [3.8, 4) is 0 Å². The molecule has 4 atom stereocenters.